The zero-order valence-corrected chi connectivity index (χ0v) is 7.70. The minimum atomic E-state index is 0.0341. The molecule has 0 aliphatic rings. The first-order valence-electron chi connectivity index (χ1n) is 3.97. The van der Waals surface area contributed by atoms with E-state index in [4.69, 9.17) is 4.74 Å². The second-order valence-corrected chi connectivity index (χ2v) is 2.63. The minimum Gasteiger partial charge on any atom is -0.496 e. The average molecular weight is 175 g/mol. The largest absolute Gasteiger partial charge is 0.496 e. The minimum absolute atomic E-state index is 0.0341. The molecule has 0 atom stereocenters. The van der Waals surface area contributed by atoms with Crippen LogP contribution in [-0.2, 0) is 4.79 Å². The predicted octanol–water partition coefficient (Wildman–Crippen LogP) is 2.10. The molecule has 2 heteroatoms. The third kappa shape index (κ3) is 3.11. The summed E-state index contributed by atoms with van der Waals surface area (Å²) in [5.41, 5.74) is 0.936. The molecule has 0 aliphatic carbocycles. The number of carbonyl (C=O) groups excluding carboxylic acids is 1. The summed E-state index contributed by atoms with van der Waals surface area (Å²) in [6.07, 6.45) is 3.27. The van der Waals surface area contributed by atoms with E-state index < -0.39 is 0 Å². The molecule has 0 saturated carbocycles. The topological polar surface area (TPSA) is 26.3 Å². The van der Waals surface area contributed by atoms with Crippen LogP contribution in [0.25, 0.3) is 6.08 Å². The molecule has 0 spiro atoms. The maximum atomic E-state index is 10.6. The summed E-state index contributed by atoms with van der Waals surface area (Å²) in [7, 11) is 1.59. The lowest BCUT2D eigenvalue weighted by Crippen LogP contribution is -1.84. The van der Waals surface area contributed by atoms with Crippen molar-refractivity contribution < 1.29 is 9.53 Å². The van der Waals surface area contributed by atoms with Crippen molar-refractivity contribution >= 4 is 11.9 Å². The molecule has 1 rings (SSSR count). The highest BCUT2D eigenvalue weighted by Gasteiger charge is 1.91. The second kappa shape index (κ2) is 4.45. The molecule has 0 unspecified atom stereocenters. The Morgan fingerprint density at radius 1 is 1.62 bits per heavy atom. The third-order valence-electron chi connectivity index (χ3n) is 1.53. The SMILES string of the molecule is COc1[c]ccc(C=CC(C)=O)c1. The third-order valence-corrected chi connectivity index (χ3v) is 1.53. The lowest BCUT2D eigenvalue weighted by Gasteiger charge is -1.98. The van der Waals surface area contributed by atoms with Gasteiger partial charge in [-0.2, -0.15) is 0 Å². The molecule has 0 amide bonds. The molecule has 0 N–H and O–H groups in total. The van der Waals surface area contributed by atoms with Crippen molar-refractivity contribution in [2.24, 2.45) is 0 Å². The van der Waals surface area contributed by atoms with Crippen molar-refractivity contribution in [1.29, 1.82) is 0 Å². The summed E-state index contributed by atoms with van der Waals surface area (Å²) in [6, 6.07) is 8.35. The van der Waals surface area contributed by atoms with Crippen molar-refractivity contribution in [2.75, 3.05) is 7.11 Å². The van der Waals surface area contributed by atoms with Crippen LogP contribution in [0.5, 0.6) is 5.75 Å². The van der Waals surface area contributed by atoms with Crippen LogP contribution in [-0.4, -0.2) is 12.9 Å². The zero-order valence-electron chi connectivity index (χ0n) is 7.70. The monoisotopic (exact) mass is 175 g/mol. The van der Waals surface area contributed by atoms with E-state index in [2.05, 4.69) is 6.07 Å². The van der Waals surface area contributed by atoms with Gasteiger partial charge in [-0.15, -0.1) is 0 Å². The Bertz CT molecular complexity index is 327. The van der Waals surface area contributed by atoms with Gasteiger partial charge in [0.2, 0.25) is 0 Å². The van der Waals surface area contributed by atoms with Gasteiger partial charge in [-0.3, -0.25) is 4.79 Å². The fourth-order valence-electron chi connectivity index (χ4n) is 0.896. The highest BCUT2D eigenvalue weighted by atomic mass is 16.5. The van der Waals surface area contributed by atoms with Crippen molar-refractivity contribution in [1.82, 2.24) is 0 Å². The van der Waals surface area contributed by atoms with E-state index in [1.807, 2.05) is 12.1 Å². The summed E-state index contributed by atoms with van der Waals surface area (Å²) in [5, 5.41) is 0. The molecule has 13 heavy (non-hydrogen) atoms. The maximum absolute atomic E-state index is 10.6. The van der Waals surface area contributed by atoms with Crippen LogP contribution in [0, 0.1) is 6.07 Å². The highest BCUT2D eigenvalue weighted by molar-refractivity contribution is 5.91. The number of benzene rings is 1. The molecule has 0 bridgehead atoms. The lowest BCUT2D eigenvalue weighted by molar-refractivity contribution is -0.112. The van der Waals surface area contributed by atoms with Gasteiger partial charge in [-0.25, -0.2) is 0 Å². The summed E-state index contributed by atoms with van der Waals surface area (Å²) in [4.78, 5) is 10.6. The number of ether oxygens (including phenoxy) is 1. The van der Waals surface area contributed by atoms with E-state index in [0.717, 1.165) is 5.56 Å². The molecule has 0 saturated heterocycles. The Kier molecular flexibility index (Phi) is 3.26. The zero-order chi connectivity index (χ0) is 9.68. The van der Waals surface area contributed by atoms with E-state index >= 15 is 0 Å². The molecule has 2 nitrogen and oxygen atoms in total. The molecule has 1 aromatic rings. The second-order valence-electron chi connectivity index (χ2n) is 2.63. The van der Waals surface area contributed by atoms with Crippen LogP contribution >= 0.6 is 0 Å². The quantitative estimate of drug-likeness (QED) is 0.657. The van der Waals surface area contributed by atoms with Crippen molar-refractivity contribution in [3.05, 3.63) is 35.9 Å². The average Bonchev–Trinajstić information content (AvgIpc) is 2.15. The first kappa shape index (κ1) is 9.52. The number of allylic oxidation sites excluding steroid dienone is 1. The number of hydrogen-bond acceptors (Lipinski definition) is 2. The fraction of sp³-hybridized carbons (Fsp3) is 0.182. The standard InChI is InChI=1S/C11H11O2/c1-9(12)6-7-10-4-3-5-11(8-10)13-2/h3-4,6-8H,1-2H3. The van der Waals surface area contributed by atoms with E-state index in [0.29, 0.717) is 5.75 Å². The molecule has 1 aromatic carbocycles. The van der Waals surface area contributed by atoms with E-state index in [1.54, 1.807) is 19.3 Å². The Labute approximate surface area is 77.8 Å². The maximum Gasteiger partial charge on any atom is 0.152 e. The van der Waals surface area contributed by atoms with E-state index in [1.165, 1.54) is 13.0 Å². The first-order valence-corrected chi connectivity index (χ1v) is 3.97. The first-order chi connectivity index (χ1) is 6.22. The van der Waals surface area contributed by atoms with Crippen molar-refractivity contribution in [2.45, 2.75) is 6.92 Å². The summed E-state index contributed by atoms with van der Waals surface area (Å²) in [6.45, 7) is 1.52. The summed E-state index contributed by atoms with van der Waals surface area (Å²) in [5.74, 6) is 0.706. The Morgan fingerprint density at radius 2 is 2.38 bits per heavy atom. The predicted molar refractivity (Wildman–Crippen MR) is 51.5 cm³/mol. The van der Waals surface area contributed by atoms with Gasteiger partial charge in [0.15, 0.2) is 5.78 Å². The summed E-state index contributed by atoms with van der Waals surface area (Å²) < 4.78 is 4.99. The lowest BCUT2D eigenvalue weighted by atomic mass is 10.2. The Morgan fingerprint density at radius 3 is 3.00 bits per heavy atom. The van der Waals surface area contributed by atoms with E-state index in [-0.39, 0.29) is 5.78 Å². The van der Waals surface area contributed by atoms with Gasteiger partial charge in [0.25, 0.3) is 0 Å². The van der Waals surface area contributed by atoms with Crippen molar-refractivity contribution in [3.63, 3.8) is 0 Å². The van der Waals surface area contributed by atoms with Gasteiger partial charge in [0.1, 0.15) is 5.75 Å². The number of hydrogen-bond donors (Lipinski definition) is 0. The van der Waals surface area contributed by atoms with Crippen LogP contribution in [0.2, 0.25) is 0 Å². The van der Waals surface area contributed by atoms with Gasteiger partial charge in [0, 0.05) is 6.07 Å². The molecule has 0 fully saturated rings. The smallest absolute Gasteiger partial charge is 0.152 e. The Hall–Kier alpha value is -1.57. The van der Waals surface area contributed by atoms with Gasteiger partial charge in [-0.1, -0.05) is 12.1 Å². The number of ketones is 1. The summed E-state index contributed by atoms with van der Waals surface area (Å²) >= 11 is 0. The van der Waals surface area contributed by atoms with Gasteiger partial charge in [-0.05, 0) is 30.7 Å². The van der Waals surface area contributed by atoms with Gasteiger partial charge in [0.05, 0.1) is 7.11 Å². The molecule has 1 radical (unpaired) electrons. The van der Waals surface area contributed by atoms with E-state index in [9.17, 15) is 4.79 Å². The van der Waals surface area contributed by atoms with Crippen LogP contribution in [0.4, 0.5) is 0 Å². The molecular formula is C11H11O2. The molecule has 0 aromatic heterocycles. The number of methoxy groups -OCH3 is 1. The van der Waals surface area contributed by atoms with Gasteiger partial charge >= 0.3 is 0 Å². The van der Waals surface area contributed by atoms with Crippen LogP contribution < -0.4 is 4.74 Å². The number of rotatable bonds is 3. The van der Waals surface area contributed by atoms with Crippen LogP contribution in [0.1, 0.15) is 12.5 Å². The van der Waals surface area contributed by atoms with Crippen molar-refractivity contribution in [3.8, 4) is 5.75 Å². The molecule has 0 heterocycles. The number of carbonyl (C=O) groups is 1. The van der Waals surface area contributed by atoms with Gasteiger partial charge < -0.3 is 4.74 Å². The molecule has 0 aliphatic heterocycles. The fourth-order valence-corrected chi connectivity index (χ4v) is 0.896. The Balaban J connectivity index is 2.83. The molecular weight excluding hydrogens is 164 g/mol. The van der Waals surface area contributed by atoms with Crippen LogP contribution in [0.3, 0.4) is 0 Å². The molecule has 67 valence electrons. The highest BCUT2D eigenvalue weighted by Crippen LogP contribution is 2.12. The van der Waals surface area contributed by atoms with Crippen LogP contribution in [0.15, 0.2) is 24.3 Å². The normalized spacial score (nSPS) is 10.3.